The molecule has 1 aliphatic heterocycles. The van der Waals surface area contributed by atoms with Crippen molar-refractivity contribution in [3.8, 4) is 11.5 Å². The Labute approximate surface area is 120 Å². The molecule has 0 amide bonds. The van der Waals surface area contributed by atoms with E-state index >= 15 is 0 Å². The van der Waals surface area contributed by atoms with E-state index < -0.39 is 0 Å². The molecule has 0 bridgehead atoms. The summed E-state index contributed by atoms with van der Waals surface area (Å²) in [5.41, 5.74) is 2.66. The minimum absolute atomic E-state index is 0.280. The van der Waals surface area contributed by atoms with Gasteiger partial charge < -0.3 is 4.74 Å². The van der Waals surface area contributed by atoms with Crippen LogP contribution in [0, 0.1) is 0 Å². The van der Waals surface area contributed by atoms with E-state index in [0.717, 1.165) is 28.2 Å². The number of hydrogen-bond acceptors (Lipinski definition) is 1. The predicted molar refractivity (Wildman–Crippen MR) is 75.2 cm³/mol. The van der Waals surface area contributed by atoms with Crippen LogP contribution in [-0.2, 0) is 5.88 Å². The van der Waals surface area contributed by atoms with E-state index in [2.05, 4.69) is 0 Å². The predicted octanol–water partition coefficient (Wildman–Crippen LogP) is 5.51. The molecule has 1 unspecified atom stereocenters. The SMILES string of the molecule is ClCc1c(Cl)ccc2c1C(Cl)c1ccccc1O2. The monoisotopic (exact) mass is 298 g/mol. The molecule has 1 atom stereocenters. The summed E-state index contributed by atoms with van der Waals surface area (Å²) in [5, 5.41) is 0.342. The Morgan fingerprint density at radius 3 is 2.61 bits per heavy atom. The van der Waals surface area contributed by atoms with Crippen LogP contribution in [-0.4, -0.2) is 0 Å². The zero-order chi connectivity index (χ0) is 12.7. The van der Waals surface area contributed by atoms with Gasteiger partial charge in [0.2, 0.25) is 0 Å². The third-order valence-corrected chi connectivity index (χ3v) is 4.13. The molecule has 3 rings (SSSR count). The maximum atomic E-state index is 6.54. The van der Waals surface area contributed by atoms with Crippen molar-refractivity contribution in [2.45, 2.75) is 11.3 Å². The quantitative estimate of drug-likeness (QED) is 0.631. The summed E-state index contributed by atoms with van der Waals surface area (Å²) in [6, 6.07) is 11.3. The Kier molecular flexibility index (Phi) is 3.14. The minimum Gasteiger partial charge on any atom is -0.457 e. The maximum Gasteiger partial charge on any atom is 0.132 e. The van der Waals surface area contributed by atoms with Gasteiger partial charge >= 0.3 is 0 Å². The fourth-order valence-electron chi connectivity index (χ4n) is 2.18. The lowest BCUT2D eigenvalue weighted by molar-refractivity contribution is 0.457. The van der Waals surface area contributed by atoms with E-state index in [9.17, 15) is 0 Å². The standard InChI is InChI=1S/C14H9Cl3O/c15-7-9-10(16)5-6-12-13(9)14(17)8-3-1-2-4-11(8)18-12/h1-6,14H,7H2. The van der Waals surface area contributed by atoms with Crippen LogP contribution >= 0.6 is 34.8 Å². The Morgan fingerprint density at radius 1 is 1.06 bits per heavy atom. The average Bonchev–Trinajstić information content (AvgIpc) is 2.40. The molecule has 18 heavy (non-hydrogen) atoms. The van der Waals surface area contributed by atoms with Crippen LogP contribution < -0.4 is 4.74 Å². The fraction of sp³-hybridized carbons (Fsp3) is 0.143. The van der Waals surface area contributed by atoms with Crippen molar-refractivity contribution in [3.05, 3.63) is 58.1 Å². The number of ether oxygens (including phenoxy) is 1. The third kappa shape index (κ3) is 1.78. The smallest absolute Gasteiger partial charge is 0.132 e. The highest BCUT2D eigenvalue weighted by molar-refractivity contribution is 6.33. The van der Waals surface area contributed by atoms with Crippen LogP contribution in [0.15, 0.2) is 36.4 Å². The van der Waals surface area contributed by atoms with Crippen molar-refractivity contribution in [2.75, 3.05) is 0 Å². The lowest BCUT2D eigenvalue weighted by Gasteiger charge is -2.26. The summed E-state index contributed by atoms with van der Waals surface area (Å²) < 4.78 is 5.84. The van der Waals surface area contributed by atoms with Crippen molar-refractivity contribution >= 4 is 34.8 Å². The molecule has 0 N–H and O–H groups in total. The highest BCUT2D eigenvalue weighted by atomic mass is 35.5. The molecule has 0 saturated heterocycles. The second kappa shape index (κ2) is 4.65. The second-order valence-corrected chi connectivity index (χ2v) is 5.18. The van der Waals surface area contributed by atoms with Gasteiger partial charge in [-0.25, -0.2) is 0 Å². The molecular weight excluding hydrogens is 291 g/mol. The number of rotatable bonds is 1. The van der Waals surface area contributed by atoms with Gasteiger partial charge in [0.1, 0.15) is 11.5 Å². The van der Waals surface area contributed by atoms with Gasteiger partial charge in [-0.15, -0.1) is 23.2 Å². The third-order valence-electron chi connectivity index (χ3n) is 3.06. The van der Waals surface area contributed by atoms with Gasteiger partial charge in [-0.2, -0.15) is 0 Å². The summed E-state index contributed by atoms with van der Waals surface area (Å²) in [5.74, 6) is 1.83. The molecule has 0 aliphatic carbocycles. The molecule has 1 aliphatic rings. The molecule has 1 nitrogen and oxygen atoms in total. The highest BCUT2D eigenvalue weighted by Crippen LogP contribution is 2.49. The zero-order valence-corrected chi connectivity index (χ0v) is 11.6. The first-order valence-electron chi connectivity index (χ1n) is 5.50. The van der Waals surface area contributed by atoms with E-state index in [0.29, 0.717) is 10.9 Å². The first kappa shape index (κ1) is 12.2. The van der Waals surface area contributed by atoms with E-state index in [1.165, 1.54) is 0 Å². The lowest BCUT2D eigenvalue weighted by atomic mass is 9.96. The van der Waals surface area contributed by atoms with Gasteiger partial charge in [0.15, 0.2) is 0 Å². The molecule has 0 fully saturated rings. The summed E-state index contributed by atoms with van der Waals surface area (Å²) in [4.78, 5) is 0. The summed E-state index contributed by atoms with van der Waals surface area (Å²) >= 11 is 18.7. The van der Waals surface area contributed by atoms with E-state index in [4.69, 9.17) is 39.5 Å². The van der Waals surface area contributed by atoms with Gasteiger partial charge in [-0.05, 0) is 23.8 Å². The van der Waals surface area contributed by atoms with Crippen LogP contribution in [0.4, 0.5) is 0 Å². The molecule has 4 heteroatoms. The van der Waals surface area contributed by atoms with E-state index in [-0.39, 0.29) is 5.38 Å². The summed E-state index contributed by atoms with van der Waals surface area (Å²) in [6.07, 6.45) is 0. The van der Waals surface area contributed by atoms with Gasteiger partial charge in [0.05, 0.1) is 5.38 Å². The molecule has 2 aromatic carbocycles. The number of para-hydroxylation sites is 1. The van der Waals surface area contributed by atoms with Crippen molar-refractivity contribution in [3.63, 3.8) is 0 Å². The van der Waals surface area contributed by atoms with Gasteiger partial charge in [0, 0.05) is 22.0 Å². The van der Waals surface area contributed by atoms with Gasteiger partial charge in [-0.3, -0.25) is 0 Å². The van der Waals surface area contributed by atoms with Crippen LogP contribution in [0.25, 0.3) is 0 Å². The van der Waals surface area contributed by atoms with E-state index in [1.807, 2.05) is 30.3 Å². The minimum atomic E-state index is -0.280. The van der Waals surface area contributed by atoms with Crippen molar-refractivity contribution in [1.29, 1.82) is 0 Å². The molecular formula is C14H9Cl3O. The Balaban J connectivity index is 2.23. The second-order valence-electron chi connectivity index (χ2n) is 4.07. The van der Waals surface area contributed by atoms with Crippen molar-refractivity contribution in [1.82, 2.24) is 0 Å². The molecule has 92 valence electrons. The summed E-state index contributed by atoms with van der Waals surface area (Å²) in [6.45, 7) is 0. The van der Waals surface area contributed by atoms with E-state index in [1.54, 1.807) is 6.07 Å². The fourth-order valence-corrected chi connectivity index (χ4v) is 3.18. The number of benzene rings is 2. The van der Waals surface area contributed by atoms with Crippen LogP contribution in [0.3, 0.4) is 0 Å². The maximum absolute atomic E-state index is 6.54. The molecule has 1 heterocycles. The van der Waals surface area contributed by atoms with Crippen LogP contribution in [0.2, 0.25) is 5.02 Å². The number of halogens is 3. The Bertz CT molecular complexity index is 610. The largest absolute Gasteiger partial charge is 0.457 e. The average molecular weight is 300 g/mol. The first-order valence-corrected chi connectivity index (χ1v) is 6.85. The topological polar surface area (TPSA) is 9.23 Å². The summed E-state index contributed by atoms with van der Waals surface area (Å²) in [7, 11) is 0. The zero-order valence-electron chi connectivity index (χ0n) is 9.29. The number of fused-ring (bicyclic) bond motifs is 2. The molecule has 0 aromatic heterocycles. The van der Waals surface area contributed by atoms with Gasteiger partial charge in [-0.1, -0.05) is 29.8 Å². The molecule has 0 saturated carbocycles. The van der Waals surface area contributed by atoms with Crippen molar-refractivity contribution < 1.29 is 4.74 Å². The number of alkyl halides is 2. The molecule has 2 aromatic rings. The highest BCUT2D eigenvalue weighted by Gasteiger charge is 2.28. The molecule has 0 spiro atoms. The molecule has 0 radical (unpaired) electrons. The first-order chi connectivity index (χ1) is 8.72. The van der Waals surface area contributed by atoms with Crippen LogP contribution in [0.1, 0.15) is 22.1 Å². The van der Waals surface area contributed by atoms with Crippen LogP contribution in [0.5, 0.6) is 11.5 Å². The Hall–Kier alpha value is -0.890. The van der Waals surface area contributed by atoms with Crippen molar-refractivity contribution in [2.24, 2.45) is 0 Å². The van der Waals surface area contributed by atoms with Gasteiger partial charge in [0.25, 0.3) is 0 Å². The number of hydrogen-bond donors (Lipinski definition) is 0. The normalized spacial score (nSPS) is 16.7. The Morgan fingerprint density at radius 2 is 1.83 bits per heavy atom. The lowest BCUT2D eigenvalue weighted by Crippen LogP contribution is -2.08.